The summed E-state index contributed by atoms with van der Waals surface area (Å²) in [5, 5.41) is 23.6. The molecule has 1 amide bonds. The molecule has 2 saturated heterocycles. The lowest BCUT2D eigenvalue weighted by molar-refractivity contribution is -0.697. The van der Waals surface area contributed by atoms with Gasteiger partial charge in [0.1, 0.15) is 18.1 Å². The number of fused-ring (bicyclic) bond motifs is 1. The van der Waals surface area contributed by atoms with Gasteiger partial charge in [-0.05, 0) is 26.3 Å². The van der Waals surface area contributed by atoms with Crippen molar-refractivity contribution >= 4 is 23.6 Å². The third-order valence-electron chi connectivity index (χ3n) is 6.89. The van der Waals surface area contributed by atoms with Crippen LogP contribution in [0.15, 0.2) is 29.3 Å². The SMILES string of the molecule is C[C@@H](O)[C@H]1C(=O)N2C(C(=O)O)=C(S[C@@H]3CN[C@H](CC[n+]4ccn(CCCN)c4)C3)[C@H](C)[C@H]12.[Cl-]. The van der Waals surface area contributed by atoms with Crippen molar-refractivity contribution in [2.75, 3.05) is 13.1 Å². The van der Waals surface area contributed by atoms with Crippen molar-refractivity contribution in [1.29, 1.82) is 0 Å². The number of aliphatic carboxylic acids is 1. The molecule has 3 aliphatic rings. The van der Waals surface area contributed by atoms with Crippen LogP contribution in [0.4, 0.5) is 0 Å². The lowest BCUT2D eigenvalue weighted by Crippen LogP contribution is -3.00. The maximum absolute atomic E-state index is 12.5. The normalized spacial score (nSPS) is 29.6. The van der Waals surface area contributed by atoms with Gasteiger partial charge in [0, 0.05) is 35.1 Å². The van der Waals surface area contributed by atoms with Crippen LogP contribution in [0.2, 0.25) is 0 Å². The van der Waals surface area contributed by atoms with E-state index in [0.717, 1.165) is 43.8 Å². The van der Waals surface area contributed by atoms with Crippen molar-refractivity contribution in [3.8, 4) is 0 Å². The third-order valence-corrected chi connectivity index (χ3v) is 8.40. The Morgan fingerprint density at radius 2 is 2.21 bits per heavy atom. The summed E-state index contributed by atoms with van der Waals surface area (Å²) in [4.78, 5) is 26.7. The van der Waals surface area contributed by atoms with E-state index in [1.807, 2.05) is 6.92 Å². The zero-order chi connectivity index (χ0) is 23.0. The summed E-state index contributed by atoms with van der Waals surface area (Å²) in [6.07, 6.45) is 8.42. The van der Waals surface area contributed by atoms with Crippen molar-refractivity contribution in [2.45, 2.75) is 69.6 Å². The molecule has 5 N–H and O–H groups in total. The van der Waals surface area contributed by atoms with Gasteiger partial charge in [-0.15, -0.1) is 11.8 Å². The zero-order valence-corrected chi connectivity index (χ0v) is 20.6. The average Bonchev–Trinajstić information content (AvgIpc) is 3.43. The molecular weight excluding hydrogens is 466 g/mol. The molecule has 0 saturated carbocycles. The summed E-state index contributed by atoms with van der Waals surface area (Å²) in [7, 11) is 0. The highest BCUT2D eigenvalue weighted by atomic mass is 35.5. The van der Waals surface area contributed by atoms with E-state index in [9.17, 15) is 19.8 Å². The molecule has 0 spiro atoms. The Hall–Kier alpha value is -1.59. The number of nitrogens with zero attached hydrogens (tertiary/aromatic N) is 3. The number of nitrogens with one attached hydrogen (secondary N) is 1. The van der Waals surface area contributed by atoms with Gasteiger partial charge in [0.25, 0.3) is 0 Å². The summed E-state index contributed by atoms with van der Waals surface area (Å²) in [6, 6.07) is 0.128. The topological polar surface area (TPSA) is 125 Å². The highest BCUT2D eigenvalue weighted by Gasteiger charge is 2.60. The van der Waals surface area contributed by atoms with E-state index in [-0.39, 0.29) is 41.2 Å². The molecule has 184 valence electrons. The van der Waals surface area contributed by atoms with Crippen molar-refractivity contribution in [3.05, 3.63) is 29.3 Å². The predicted octanol–water partition coefficient (Wildman–Crippen LogP) is -2.86. The minimum absolute atomic E-state index is 0. The Bertz CT molecular complexity index is 907. The molecular formula is C22H34ClN5O4S. The van der Waals surface area contributed by atoms with Gasteiger partial charge in [-0.3, -0.25) is 4.79 Å². The van der Waals surface area contributed by atoms with Gasteiger partial charge < -0.3 is 38.6 Å². The second-order valence-corrected chi connectivity index (χ2v) is 10.5. The van der Waals surface area contributed by atoms with Gasteiger partial charge in [0.05, 0.1) is 31.2 Å². The number of carbonyl (C=O) groups is 2. The standard InChI is InChI=1S/C22H33N5O4S.ClH/c1-13-18-17(14(2)28)21(29)27(18)19(22(30)31)20(13)32-16-10-15(24-11-16)4-7-26-9-8-25(12-26)6-3-5-23;/h8-9,12-18,24,28H,3-7,10-11,23H2,1-2H3;1H/t13-,14-,15-,16+,17-,18-;/m1./s1. The van der Waals surface area contributed by atoms with E-state index in [1.54, 1.807) is 18.7 Å². The fraction of sp³-hybridized carbons (Fsp3) is 0.682. The van der Waals surface area contributed by atoms with Crippen LogP contribution in [0.25, 0.3) is 0 Å². The van der Waals surface area contributed by atoms with Crippen LogP contribution in [0.3, 0.4) is 0 Å². The maximum atomic E-state index is 12.5. The van der Waals surface area contributed by atoms with Crippen molar-refractivity contribution < 1.29 is 36.8 Å². The molecule has 2 fully saturated rings. The van der Waals surface area contributed by atoms with Gasteiger partial charge in [0.15, 0.2) is 0 Å². The highest BCUT2D eigenvalue weighted by molar-refractivity contribution is 8.03. The quantitative estimate of drug-likeness (QED) is 0.201. The van der Waals surface area contributed by atoms with E-state index in [1.165, 1.54) is 4.90 Å². The Morgan fingerprint density at radius 3 is 2.88 bits per heavy atom. The van der Waals surface area contributed by atoms with E-state index in [0.29, 0.717) is 12.6 Å². The summed E-state index contributed by atoms with van der Waals surface area (Å²) in [6.45, 7) is 6.94. The maximum Gasteiger partial charge on any atom is 0.353 e. The smallest absolute Gasteiger partial charge is 0.353 e. The fourth-order valence-corrected chi connectivity index (χ4v) is 6.75. The van der Waals surface area contributed by atoms with Crippen molar-refractivity contribution in [3.63, 3.8) is 0 Å². The van der Waals surface area contributed by atoms with Crippen LogP contribution in [-0.2, 0) is 22.7 Å². The molecule has 1 aromatic heterocycles. The first-order chi connectivity index (χ1) is 15.3. The van der Waals surface area contributed by atoms with Crippen LogP contribution >= 0.6 is 11.8 Å². The Kier molecular flexibility index (Phi) is 8.50. The number of aryl methyl sites for hydroxylation is 2. The van der Waals surface area contributed by atoms with E-state index in [2.05, 4.69) is 33.2 Å². The van der Waals surface area contributed by atoms with Crippen molar-refractivity contribution in [1.82, 2.24) is 14.8 Å². The zero-order valence-electron chi connectivity index (χ0n) is 19.1. The van der Waals surface area contributed by atoms with Gasteiger partial charge in [0.2, 0.25) is 12.2 Å². The average molecular weight is 500 g/mol. The first-order valence-electron chi connectivity index (χ1n) is 11.4. The number of carboxylic acid groups (broad SMARTS) is 1. The number of carbonyl (C=O) groups excluding carboxylic acids is 1. The third kappa shape index (κ3) is 5.09. The summed E-state index contributed by atoms with van der Waals surface area (Å²) in [5.74, 6) is -1.92. The van der Waals surface area contributed by atoms with Crippen LogP contribution in [0.5, 0.6) is 0 Å². The summed E-state index contributed by atoms with van der Waals surface area (Å²) in [5.41, 5.74) is 5.70. The largest absolute Gasteiger partial charge is 1.00 e. The number of aliphatic hydroxyl groups is 1. The molecule has 4 rings (SSSR count). The molecule has 9 nitrogen and oxygen atoms in total. The second kappa shape index (κ2) is 10.8. The number of hydrogen-bond acceptors (Lipinski definition) is 6. The monoisotopic (exact) mass is 499 g/mol. The molecule has 0 bridgehead atoms. The summed E-state index contributed by atoms with van der Waals surface area (Å²) < 4.78 is 4.34. The van der Waals surface area contributed by atoms with E-state index in [4.69, 9.17) is 5.73 Å². The minimum atomic E-state index is -1.06. The van der Waals surface area contributed by atoms with E-state index >= 15 is 0 Å². The second-order valence-electron chi connectivity index (χ2n) is 9.17. The number of aromatic nitrogens is 2. The van der Waals surface area contributed by atoms with Crippen molar-refractivity contribution in [2.24, 2.45) is 17.6 Å². The first kappa shape index (κ1) is 26.0. The molecule has 4 heterocycles. The van der Waals surface area contributed by atoms with Gasteiger partial charge in [-0.25, -0.2) is 13.9 Å². The molecule has 0 aromatic carbocycles. The number of aliphatic hydroxyl groups excluding tert-OH is 1. The first-order valence-corrected chi connectivity index (χ1v) is 12.3. The number of carboxylic acids is 1. The molecule has 33 heavy (non-hydrogen) atoms. The molecule has 6 atom stereocenters. The van der Waals surface area contributed by atoms with Crippen LogP contribution in [0, 0.1) is 11.8 Å². The predicted molar refractivity (Wildman–Crippen MR) is 120 cm³/mol. The number of hydrogen-bond donors (Lipinski definition) is 4. The Balaban J connectivity index is 0.00000306. The molecule has 3 aliphatic heterocycles. The summed E-state index contributed by atoms with van der Waals surface area (Å²) >= 11 is 1.60. The van der Waals surface area contributed by atoms with Crippen LogP contribution in [-0.4, -0.2) is 68.1 Å². The lowest BCUT2D eigenvalue weighted by Gasteiger charge is -2.46. The highest BCUT2D eigenvalue weighted by Crippen LogP contribution is 2.51. The van der Waals surface area contributed by atoms with Gasteiger partial charge in [-0.2, -0.15) is 0 Å². The Labute approximate surface area is 204 Å². The molecule has 0 radical (unpaired) electrons. The molecule has 0 aliphatic carbocycles. The number of amides is 1. The number of imidazole rings is 1. The number of β-lactam (4-membered cyclic amide) rings is 1. The van der Waals surface area contributed by atoms with Crippen LogP contribution < -0.4 is 28.0 Å². The Morgan fingerprint density at radius 1 is 1.45 bits per heavy atom. The van der Waals surface area contributed by atoms with Crippen LogP contribution in [0.1, 0.15) is 33.1 Å². The van der Waals surface area contributed by atoms with Gasteiger partial charge in [-0.1, -0.05) is 6.92 Å². The number of rotatable bonds is 10. The fourth-order valence-electron chi connectivity index (χ4n) is 5.23. The van der Waals surface area contributed by atoms with Gasteiger partial charge >= 0.3 is 5.97 Å². The minimum Gasteiger partial charge on any atom is -1.00 e. The number of thioether (sulfide) groups is 1. The molecule has 11 heteroatoms. The lowest BCUT2D eigenvalue weighted by atomic mass is 9.79. The number of nitrogens with two attached hydrogens (primary N) is 1. The number of halogens is 1. The molecule has 0 unspecified atom stereocenters. The molecule has 1 aromatic rings. The van der Waals surface area contributed by atoms with E-state index < -0.39 is 18.0 Å².